The predicted molar refractivity (Wildman–Crippen MR) is 102 cm³/mol. The molecule has 1 unspecified atom stereocenters. The van der Waals surface area contributed by atoms with Gasteiger partial charge in [-0.3, -0.25) is 4.79 Å². The van der Waals surface area contributed by atoms with Crippen molar-refractivity contribution in [2.45, 2.75) is 5.37 Å². The van der Waals surface area contributed by atoms with Gasteiger partial charge >= 0.3 is 0 Å². The highest BCUT2D eigenvalue weighted by Crippen LogP contribution is 2.39. The number of fused-ring (bicyclic) bond motifs is 1. The zero-order valence-electron chi connectivity index (χ0n) is 13.0. The van der Waals surface area contributed by atoms with E-state index in [1.54, 1.807) is 11.8 Å². The Morgan fingerprint density at radius 3 is 2.58 bits per heavy atom. The third-order valence-corrected chi connectivity index (χ3v) is 5.84. The first kappa shape index (κ1) is 15.6. The Morgan fingerprint density at radius 2 is 1.75 bits per heavy atom. The largest absolute Gasteiger partial charge is 0.322 e. The van der Waals surface area contributed by atoms with E-state index in [2.05, 4.69) is 0 Å². The van der Waals surface area contributed by atoms with Crippen LogP contribution in [-0.4, -0.2) is 23.1 Å². The van der Waals surface area contributed by atoms with Crippen LogP contribution in [0.3, 0.4) is 0 Å². The van der Waals surface area contributed by atoms with Crippen LogP contribution in [0.2, 0.25) is 5.02 Å². The van der Waals surface area contributed by atoms with E-state index >= 15 is 0 Å². The average Bonchev–Trinajstić information content (AvgIpc) is 3.11. The van der Waals surface area contributed by atoms with E-state index in [0.29, 0.717) is 5.02 Å². The minimum absolute atomic E-state index is 0.0498. The van der Waals surface area contributed by atoms with Gasteiger partial charge in [0.25, 0.3) is 5.91 Å². The molecule has 0 saturated carbocycles. The lowest BCUT2D eigenvalue weighted by Crippen LogP contribution is -2.30. The summed E-state index contributed by atoms with van der Waals surface area (Å²) >= 11 is 7.79. The number of nitrogens with zero attached hydrogens (tertiary/aromatic N) is 1. The molecule has 1 atom stereocenters. The molecule has 1 aliphatic rings. The van der Waals surface area contributed by atoms with Crippen molar-refractivity contribution in [1.29, 1.82) is 0 Å². The van der Waals surface area contributed by atoms with Crippen LogP contribution in [0.4, 0.5) is 0 Å². The van der Waals surface area contributed by atoms with Gasteiger partial charge < -0.3 is 4.90 Å². The molecule has 0 aromatic heterocycles. The molecule has 3 aromatic carbocycles. The molecule has 2 nitrogen and oxygen atoms in total. The molecule has 3 aromatic rings. The van der Waals surface area contributed by atoms with E-state index in [0.717, 1.165) is 34.2 Å². The van der Waals surface area contributed by atoms with E-state index in [4.69, 9.17) is 11.6 Å². The molecule has 0 aliphatic carbocycles. The maximum absolute atomic E-state index is 13.2. The Labute approximate surface area is 150 Å². The number of carbonyl (C=O) groups is 1. The summed E-state index contributed by atoms with van der Waals surface area (Å²) in [6.07, 6.45) is 0. The summed E-state index contributed by atoms with van der Waals surface area (Å²) in [5, 5.41) is 2.87. The Kier molecular flexibility index (Phi) is 4.21. The van der Waals surface area contributed by atoms with E-state index in [1.807, 2.05) is 71.6 Å². The fraction of sp³-hybridized carbons (Fsp3) is 0.150. The van der Waals surface area contributed by atoms with Crippen LogP contribution >= 0.6 is 23.4 Å². The van der Waals surface area contributed by atoms with Crippen molar-refractivity contribution >= 4 is 40.0 Å². The van der Waals surface area contributed by atoms with E-state index in [1.165, 1.54) is 0 Å². The number of hydrogen-bond acceptors (Lipinski definition) is 2. The normalized spacial score (nSPS) is 17.4. The van der Waals surface area contributed by atoms with Gasteiger partial charge in [-0.15, -0.1) is 11.8 Å². The standard InChI is InChI=1S/C20H16ClNOS/c21-16-10-8-15(9-11-16)20-22(12-13-24-20)19(23)18-7-3-5-14-4-1-2-6-17(14)18/h1-11,20H,12-13H2. The van der Waals surface area contributed by atoms with Crippen molar-refractivity contribution < 1.29 is 4.79 Å². The van der Waals surface area contributed by atoms with E-state index < -0.39 is 0 Å². The second-order valence-electron chi connectivity index (χ2n) is 5.80. The predicted octanol–water partition coefficient (Wildman–Crippen LogP) is 5.38. The molecule has 1 heterocycles. The summed E-state index contributed by atoms with van der Waals surface area (Å²) < 4.78 is 0. The number of carbonyl (C=O) groups excluding carboxylic acids is 1. The van der Waals surface area contributed by atoms with Gasteiger partial charge in [0.15, 0.2) is 0 Å². The maximum atomic E-state index is 13.2. The molecule has 0 bridgehead atoms. The summed E-state index contributed by atoms with van der Waals surface area (Å²) in [5.74, 6) is 1.04. The Balaban J connectivity index is 1.71. The number of benzene rings is 3. The van der Waals surface area contributed by atoms with Crippen LogP contribution in [0, 0.1) is 0 Å². The number of amides is 1. The van der Waals surface area contributed by atoms with Gasteiger partial charge in [-0.05, 0) is 34.5 Å². The van der Waals surface area contributed by atoms with Crippen LogP contribution in [0.1, 0.15) is 21.3 Å². The molecule has 1 fully saturated rings. The first-order chi connectivity index (χ1) is 11.7. The molecule has 1 saturated heterocycles. The summed E-state index contributed by atoms with van der Waals surface area (Å²) in [7, 11) is 0. The van der Waals surface area contributed by atoms with Gasteiger partial charge in [0.05, 0.1) is 0 Å². The highest BCUT2D eigenvalue weighted by molar-refractivity contribution is 7.99. The van der Waals surface area contributed by atoms with Crippen molar-refractivity contribution in [1.82, 2.24) is 4.90 Å². The number of hydrogen-bond donors (Lipinski definition) is 0. The summed E-state index contributed by atoms with van der Waals surface area (Å²) in [6.45, 7) is 0.764. The van der Waals surface area contributed by atoms with Crippen molar-refractivity contribution in [3.05, 3.63) is 82.9 Å². The highest BCUT2D eigenvalue weighted by Gasteiger charge is 2.31. The van der Waals surface area contributed by atoms with Gasteiger partial charge in [0, 0.05) is 22.9 Å². The second kappa shape index (κ2) is 6.50. The smallest absolute Gasteiger partial charge is 0.255 e. The average molecular weight is 354 g/mol. The lowest BCUT2D eigenvalue weighted by atomic mass is 10.0. The minimum atomic E-state index is 0.0498. The summed E-state index contributed by atoms with van der Waals surface area (Å²) in [4.78, 5) is 15.2. The third-order valence-electron chi connectivity index (χ3n) is 4.33. The third kappa shape index (κ3) is 2.79. The van der Waals surface area contributed by atoms with Crippen LogP contribution in [-0.2, 0) is 0 Å². The Bertz CT molecular complexity index is 888. The molecular formula is C20H16ClNOS. The van der Waals surface area contributed by atoms with E-state index in [9.17, 15) is 4.79 Å². The van der Waals surface area contributed by atoms with Crippen LogP contribution in [0.25, 0.3) is 10.8 Å². The molecule has 0 radical (unpaired) electrons. The fourth-order valence-corrected chi connectivity index (χ4v) is 4.53. The van der Waals surface area contributed by atoms with Gasteiger partial charge in [-0.25, -0.2) is 0 Å². The molecule has 0 spiro atoms. The molecule has 0 N–H and O–H groups in total. The first-order valence-corrected chi connectivity index (χ1v) is 9.32. The molecule has 1 amide bonds. The first-order valence-electron chi connectivity index (χ1n) is 7.90. The summed E-state index contributed by atoms with van der Waals surface area (Å²) in [5.41, 5.74) is 1.89. The quantitative estimate of drug-likeness (QED) is 0.616. The van der Waals surface area contributed by atoms with Gasteiger partial charge in [-0.2, -0.15) is 0 Å². The molecule has 1 aliphatic heterocycles. The molecular weight excluding hydrogens is 338 g/mol. The van der Waals surface area contributed by atoms with Crippen LogP contribution in [0.15, 0.2) is 66.7 Å². The monoisotopic (exact) mass is 353 g/mol. The minimum Gasteiger partial charge on any atom is -0.322 e. The van der Waals surface area contributed by atoms with Crippen LogP contribution < -0.4 is 0 Å². The zero-order valence-corrected chi connectivity index (χ0v) is 14.6. The fourth-order valence-electron chi connectivity index (χ4n) is 3.15. The second-order valence-corrected chi connectivity index (χ2v) is 7.42. The zero-order chi connectivity index (χ0) is 16.5. The van der Waals surface area contributed by atoms with E-state index in [-0.39, 0.29) is 11.3 Å². The van der Waals surface area contributed by atoms with Crippen molar-refractivity contribution in [3.63, 3.8) is 0 Å². The number of rotatable bonds is 2. The highest BCUT2D eigenvalue weighted by atomic mass is 35.5. The van der Waals surface area contributed by atoms with Gasteiger partial charge in [0.2, 0.25) is 0 Å². The summed E-state index contributed by atoms with van der Waals surface area (Å²) in [6, 6.07) is 21.7. The van der Waals surface area contributed by atoms with Crippen molar-refractivity contribution in [2.24, 2.45) is 0 Å². The van der Waals surface area contributed by atoms with Gasteiger partial charge in [-0.1, -0.05) is 60.1 Å². The van der Waals surface area contributed by atoms with Crippen molar-refractivity contribution in [2.75, 3.05) is 12.3 Å². The number of thioether (sulfide) groups is 1. The Morgan fingerprint density at radius 1 is 1.00 bits per heavy atom. The van der Waals surface area contributed by atoms with Gasteiger partial charge in [0.1, 0.15) is 5.37 Å². The topological polar surface area (TPSA) is 20.3 Å². The van der Waals surface area contributed by atoms with Crippen molar-refractivity contribution in [3.8, 4) is 0 Å². The molecule has 24 heavy (non-hydrogen) atoms. The number of halogens is 1. The molecule has 4 rings (SSSR count). The lowest BCUT2D eigenvalue weighted by Gasteiger charge is -2.25. The maximum Gasteiger partial charge on any atom is 0.255 e. The Hall–Kier alpha value is -1.97. The molecule has 4 heteroatoms. The SMILES string of the molecule is O=C(c1cccc2ccccc12)N1CCSC1c1ccc(Cl)cc1. The van der Waals surface area contributed by atoms with Crippen LogP contribution in [0.5, 0.6) is 0 Å². The molecule has 120 valence electrons. The lowest BCUT2D eigenvalue weighted by molar-refractivity contribution is 0.0762.